The number of hydrogen-bond donors (Lipinski definition) is 0. The van der Waals surface area contributed by atoms with Crippen LogP contribution in [0.15, 0.2) is 0 Å². The molecular weight excluding hydrogens is 375 g/mol. The quantitative estimate of drug-likeness (QED) is 0.586. The van der Waals surface area contributed by atoms with Crippen molar-refractivity contribution >= 4 is 11.8 Å². The van der Waals surface area contributed by atoms with Crippen LogP contribution in [0.5, 0.6) is 0 Å². The fourth-order valence-corrected chi connectivity index (χ4v) is 1.18. The standard InChI is InChI=1S/C5H9OS.3Y/c1-5-2-6-4-7-3-5;;;/h4-5H,2-3H2,1H3;;;/q-1;;;. The van der Waals surface area contributed by atoms with E-state index in [9.17, 15) is 0 Å². The Hall–Kier alpha value is 3.62. The third kappa shape index (κ3) is 9.71. The summed E-state index contributed by atoms with van der Waals surface area (Å²) in [4.78, 5) is 0. The van der Waals surface area contributed by atoms with E-state index in [2.05, 4.69) is 6.92 Å². The molecule has 1 atom stereocenters. The molecule has 51 valence electrons. The summed E-state index contributed by atoms with van der Waals surface area (Å²) >= 11 is 1.76. The Balaban J connectivity index is -0.000000163. The van der Waals surface area contributed by atoms with Crippen LogP contribution < -0.4 is 0 Å². The molecule has 0 aromatic heterocycles. The van der Waals surface area contributed by atoms with E-state index in [1.807, 2.05) is 5.94 Å². The molecule has 0 spiro atoms. The summed E-state index contributed by atoms with van der Waals surface area (Å²) in [6.45, 7) is 3.10. The van der Waals surface area contributed by atoms with Crippen molar-refractivity contribution in [2.24, 2.45) is 5.92 Å². The van der Waals surface area contributed by atoms with Crippen LogP contribution in [-0.4, -0.2) is 12.4 Å². The molecule has 0 bridgehead atoms. The number of hydrogen-bond acceptors (Lipinski definition) is 2. The molecular formula is C5H9OSY3-. The molecule has 5 heteroatoms. The predicted octanol–water partition coefficient (Wildman–Crippen LogP) is 1.50. The number of ether oxygens (including phenoxy) is 1. The van der Waals surface area contributed by atoms with Crippen LogP contribution in [0.1, 0.15) is 6.92 Å². The largest absolute Gasteiger partial charge is 0.541 e. The maximum absolute atomic E-state index is 5.02. The normalized spacial score (nSPS) is 23.1. The van der Waals surface area contributed by atoms with Gasteiger partial charge >= 0.3 is 0 Å². The van der Waals surface area contributed by atoms with Crippen molar-refractivity contribution in [3.8, 4) is 0 Å². The van der Waals surface area contributed by atoms with Gasteiger partial charge in [0, 0.05) is 105 Å². The van der Waals surface area contributed by atoms with Crippen LogP contribution in [0.3, 0.4) is 0 Å². The zero-order valence-electron chi connectivity index (χ0n) is 6.12. The van der Waals surface area contributed by atoms with Gasteiger partial charge in [0.05, 0.1) is 0 Å². The van der Waals surface area contributed by atoms with Crippen molar-refractivity contribution in [3.63, 3.8) is 0 Å². The van der Waals surface area contributed by atoms with Crippen LogP contribution in [-0.2, 0) is 103 Å². The molecule has 1 unspecified atom stereocenters. The molecule has 1 rings (SSSR count). The molecule has 1 saturated heterocycles. The van der Waals surface area contributed by atoms with Crippen LogP contribution in [0.4, 0.5) is 0 Å². The van der Waals surface area contributed by atoms with Gasteiger partial charge in [0.2, 0.25) is 0 Å². The smallest absolute Gasteiger partial charge is 0.0152 e. The summed E-state index contributed by atoms with van der Waals surface area (Å²) in [5.74, 6) is 3.79. The van der Waals surface area contributed by atoms with E-state index in [-0.39, 0.29) is 98.1 Å². The minimum Gasteiger partial charge on any atom is -0.541 e. The minimum atomic E-state index is 0. The Bertz CT molecular complexity index is 58.9. The summed E-state index contributed by atoms with van der Waals surface area (Å²) in [5, 5.41) is 0. The van der Waals surface area contributed by atoms with E-state index in [4.69, 9.17) is 4.74 Å². The summed E-state index contributed by atoms with van der Waals surface area (Å²) < 4.78 is 5.02. The molecule has 0 aromatic rings. The zero-order valence-corrected chi connectivity index (χ0v) is 15.4. The van der Waals surface area contributed by atoms with Crippen molar-refractivity contribution in [2.45, 2.75) is 6.92 Å². The molecule has 0 aromatic carbocycles. The molecule has 0 saturated carbocycles. The summed E-state index contributed by atoms with van der Waals surface area (Å²) in [7, 11) is 0. The topological polar surface area (TPSA) is 9.23 Å². The second kappa shape index (κ2) is 12.6. The molecule has 0 aliphatic carbocycles. The first-order chi connectivity index (χ1) is 3.39. The third-order valence-corrected chi connectivity index (χ3v) is 1.93. The monoisotopic (exact) mass is 384 g/mol. The van der Waals surface area contributed by atoms with Crippen molar-refractivity contribution in [1.82, 2.24) is 0 Å². The van der Waals surface area contributed by atoms with Crippen molar-refractivity contribution in [1.29, 1.82) is 0 Å². The fourth-order valence-electron chi connectivity index (χ4n) is 0.503. The van der Waals surface area contributed by atoms with Gasteiger partial charge in [-0.25, -0.2) is 0 Å². The molecule has 1 heterocycles. The van der Waals surface area contributed by atoms with E-state index < -0.39 is 0 Å². The first-order valence-corrected chi connectivity index (χ1v) is 3.49. The average Bonchev–Trinajstić information content (AvgIpc) is 1.69. The van der Waals surface area contributed by atoms with Crippen LogP contribution in [0.2, 0.25) is 0 Å². The van der Waals surface area contributed by atoms with E-state index in [1.165, 1.54) is 5.75 Å². The fraction of sp³-hybridized carbons (Fsp3) is 0.800. The van der Waals surface area contributed by atoms with Crippen LogP contribution in [0, 0.1) is 11.9 Å². The van der Waals surface area contributed by atoms with Gasteiger partial charge in [-0.05, 0) is 11.7 Å². The molecule has 1 aliphatic rings. The van der Waals surface area contributed by atoms with Crippen molar-refractivity contribution in [3.05, 3.63) is 5.94 Å². The van der Waals surface area contributed by atoms with Gasteiger partial charge < -0.3 is 16.5 Å². The molecule has 0 amide bonds. The molecule has 1 fully saturated rings. The van der Waals surface area contributed by atoms with Gasteiger partial charge in [-0.3, -0.25) is 0 Å². The maximum atomic E-state index is 5.02. The Morgan fingerprint density at radius 1 is 1.40 bits per heavy atom. The van der Waals surface area contributed by atoms with Crippen molar-refractivity contribution < 1.29 is 103 Å². The Morgan fingerprint density at radius 2 is 2.00 bits per heavy atom. The first kappa shape index (κ1) is 19.2. The molecule has 1 nitrogen and oxygen atoms in total. The van der Waals surface area contributed by atoms with Crippen LogP contribution >= 0.6 is 11.8 Å². The third-order valence-electron chi connectivity index (χ3n) is 0.898. The number of thioether (sulfide) groups is 1. The molecule has 10 heavy (non-hydrogen) atoms. The number of rotatable bonds is 0. The molecule has 3 radical (unpaired) electrons. The zero-order chi connectivity index (χ0) is 5.11. The maximum Gasteiger partial charge on any atom is 0.0152 e. The van der Waals surface area contributed by atoms with E-state index in [0.29, 0.717) is 0 Å². The first-order valence-electron chi connectivity index (χ1n) is 2.44. The molecule has 1 aliphatic heterocycles. The van der Waals surface area contributed by atoms with Crippen LogP contribution in [0.25, 0.3) is 0 Å². The van der Waals surface area contributed by atoms with Gasteiger partial charge in [-0.15, -0.1) is 0 Å². The SMILES string of the molecule is CC1CO[CH-]SC1.[Y].[Y].[Y]. The molecule has 0 N–H and O–H groups in total. The summed E-state index contributed by atoms with van der Waals surface area (Å²) in [5.41, 5.74) is 0. The minimum absolute atomic E-state index is 0. The summed E-state index contributed by atoms with van der Waals surface area (Å²) in [6, 6.07) is 0. The van der Waals surface area contributed by atoms with Gasteiger partial charge in [-0.1, -0.05) is 6.92 Å². The van der Waals surface area contributed by atoms with Gasteiger partial charge in [-0.2, -0.15) is 5.94 Å². The van der Waals surface area contributed by atoms with Gasteiger partial charge in [0.15, 0.2) is 0 Å². The predicted molar refractivity (Wildman–Crippen MR) is 31.9 cm³/mol. The Kier molecular flexibility index (Phi) is 24.3. The van der Waals surface area contributed by atoms with Gasteiger partial charge in [0.1, 0.15) is 0 Å². The Labute approximate surface area is 143 Å². The van der Waals surface area contributed by atoms with Gasteiger partial charge in [0.25, 0.3) is 0 Å². The van der Waals surface area contributed by atoms with E-state index in [1.54, 1.807) is 11.8 Å². The second-order valence-corrected chi connectivity index (χ2v) is 2.73. The second-order valence-electron chi connectivity index (χ2n) is 1.87. The van der Waals surface area contributed by atoms with Crippen molar-refractivity contribution in [2.75, 3.05) is 12.4 Å². The summed E-state index contributed by atoms with van der Waals surface area (Å²) in [6.07, 6.45) is 0. The Morgan fingerprint density at radius 3 is 2.20 bits per heavy atom. The van der Waals surface area contributed by atoms with E-state index in [0.717, 1.165) is 12.5 Å². The average molecular weight is 384 g/mol. The van der Waals surface area contributed by atoms with E-state index >= 15 is 0 Å².